The molecule has 2 rings (SSSR count). The molecule has 0 saturated carbocycles. The van der Waals surface area contributed by atoms with Gasteiger partial charge >= 0.3 is 0 Å². The topological polar surface area (TPSA) is 0 Å². The largest absolute Gasteiger partial charge is 0.184 e. The van der Waals surface area contributed by atoms with Crippen molar-refractivity contribution in [1.82, 2.24) is 0 Å². The molecule has 0 unspecified atom stereocenters. The number of aryl methyl sites for hydroxylation is 1. The molecule has 0 aliphatic rings. The summed E-state index contributed by atoms with van der Waals surface area (Å²) < 4.78 is 0. The van der Waals surface area contributed by atoms with Crippen LogP contribution in [0.25, 0.3) is 0 Å². The van der Waals surface area contributed by atoms with Gasteiger partial charge in [-0.05, 0) is 12.0 Å². The molecule has 2 aromatic rings. The Hall–Kier alpha value is -0.456. The van der Waals surface area contributed by atoms with Gasteiger partial charge in [0.05, 0.1) is 0 Å². The standard InChI is InChI=1S/C15H15.Y/c1-2-14-10-6-7-11-15(14)12-13-8-4-3-5-9-13;/h3-5,7-11H,2,12H2,1H3;/q-1;. The molecule has 0 aliphatic heterocycles. The molecule has 0 N–H and O–H groups in total. The zero-order valence-electron chi connectivity index (χ0n) is 9.61. The summed E-state index contributed by atoms with van der Waals surface area (Å²) in [5.74, 6) is 0. The molecule has 1 radical (unpaired) electrons. The molecule has 0 aromatic heterocycles. The van der Waals surface area contributed by atoms with E-state index in [2.05, 4.69) is 55.5 Å². The van der Waals surface area contributed by atoms with Gasteiger partial charge in [-0.3, -0.25) is 0 Å². The molecule has 0 heterocycles. The van der Waals surface area contributed by atoms with Crippen molar-refractivity contribution in [2.75, 3.05) is 0 Å². The molecule has 0 bridgehead atoms. The molecule has 0 atom stereocenters. The summed E-state index contributed by atoms with van der Waals surface area (Å²) in [6.07, 6.45) is 2.11. The van der Waals surface area contributed by atoms with Gasteiger partial charge in [0, 0.05) is 32.7 Å². The minimum atomic E-state index is 0. The summed E-state index contributed by atoms with van der Waals surface area (Å²) in [7, 11) is 0. The Bertz CT molecular complexity index is 420. The maximum absolute atomic E-state index is 3.14. The van der Waals surface area contributed by atoms with Crippen molar-refractivity contribution in [3.63, 3.8) is 0 Å². The van der Waals surface area contributed by atoms with Crippen LogP contribution in [-0.4, -0.2) is 0 Å². The quantitative estimate of drug-likeness (QED) is 0.755. The van der Waals surface area contributed by atoms with Crippen LogP contribution in [-0.2, 0) is 45.6 Å². The molecule has 0 fully saturated rings. The second-order valence-corrected chi connectivity index (χ2v) is 3.71. The summed E-state index contributed by atoms with van der Waals surface area (Å²) in [5, 5.41) is 0. The molecular formula is C15H15Y-. The molecule has 0 nitrogen and oxygen atoms in total. The van der Waals surface area contributed by atoms with Crippen LogP contribution in [0.1, 0.15) is 23.6 Å². The molecule has 2 aromatic carbocycles. The Labute approximate surface area is 123 Å². The predicted octanol–water partition coefficient (Wildman–Crippen LogP) is 3.64. The zero-order chi connectivity index (χ0) is 10.5. The van der Waals surface area contributed by atoms with Crippen molar-refractivity contribution in [2.45, 2.75) is 19.8 Å². The van der Waals surface area contributed by atoms with Crippen LogP contribution in [0.2, 0.25) is 0 Å². The Morgan fingerprint density at radius 1 is 1.00 bits per heavy atom. The Kier molecular flexibility index (Phi) is 5.94. The molecule has 0 amide bonds. The van der Waals surface area contributed by atoms with E-state index in [1.807, 2.05) is 6.07 Å². The summed E-state index contributed by atoms with van der Waals surface area (Å²) in [4.78, 5) is 0. The van der Waals surface area contributed by atoms with E-state index in [4.69, 9.17) is 0 Å². The summed E-state index contributed by atoms with van der Waals surface area (Å²) in [5.41, 5.74) is 4.20. The first-order chi connectivity index (χ1) is 7.40. The summed E-state index contributed by atoms with van der Waals surface area (Å²) in [6, 6.07) is 20.0. The summed E-state index contributed by atoms with van der Waals surface area (Å²) in [6.45, 7) is 2.19. The zero-order valence-corrected chi connectivity index (χ0v) is 12.4. The van der Waals surface area contributed by atoms with Crippen molar-refractivity contribution in [3.8, 4) is 0 Å². The van der Waals surface area contributed by atoms with Crippen molar-refractivity contribution in [3.05, 3.63) is 71.3 Å². The van der Waals surface area contributed by atoms with Crippen LogP contribution in [0.4, 0.5) is 0 Å². The van der Waals surface area contributed by atoms with Gasteiger partial charge < -0.3 is 0 Å². The molecule has 79 valence electrons. The fraction of sp³-hybridized carbons (Fsp3) is 0.200. The van der Waals surface area contributed by atoms with Crippen LogP contribution in [0.15, 0.2) is 48.5 Å². The third-order valence-electron chi connectivity index (χ3n) is 2.67. The van der Waals surface area contributed by atoms with Crippen molar-refractivity contribution < 1.29 is 32.7 Å². The third kappa shape index (κ3) is 3.54. The second kappa shape index (κ2) is 6.98. The monoisotopic (exact) mass is 284 g/mol. The fourth-order valence-corrected chi connectivity index (χ4v) is 1.81. The first-order valence-corrected chi connectivity index (χ1v) is 5.42. The smallest absolute Gasteiger partial charge is 0 e. The molecule has 1 heteroatoms. The second-order valence-electron chi connectivity index (χ2n) is 3.71. The van der Waals surface area contributed by atoms with Crippen LogP contribution >= 0.6 is 0 Å². The minimum Gasteiger partial charge on any atom is -0.184 e. The first-order valence-electron chi connectivity index (χ1n) is 5.42. The number of rotatable bonds is 3. The van der Waals surface area contributed by atoms with Gasteiger partial charge in [0.15, 0.2) is 0 Å². The van der Waals surface area contributed by atoms with Crippen molar-refractivity contribution in [1.29, 1.82) is 0 Å². The van der Waals surface area contributed by atoms with E-state index in [9.17, 15) is 0 Å². The van der Waals surface area contributed by atoms with E-state index >= 15 is 0 Å². The molecule has 0 spiro atoms. The average molecular weight is 284 g/mol. The minimum absolute atomic E-state index is 0. The first kappa shape index (κ1) is 13.6. The van der Waals surface area contributed by atoms with Gasteiger partial charge in [-0.25, -0.2) is 0 Å². The van der Waals surface area contributed by atoms with Crippen LogP contribution in [0, 0.1) is 6.07 Å². The van der Waals surface area contributed by atoms with Gasteiger partial charge in [0.25, 0.3) is 0 Å². The molecule has 0 aliphatic carbocycles. The third-order valence-corrected chi connectivity index (χ3v) is 2.67. The van der Waals surface area contributed by atoms with Gasteiger partial charge in [-0.2, -0.15) is 35.4 Å². The van der Waals surface area contributed by atoms with E-state index in [1.165, 1.54) is 16.7 Å². The molecule has 16 heavy (non-hydrogen) atoms. The Balaban J connectivity index is 0.00000128. The number of hydrogen-bond donors (Lipinski definition) is 0. The van der Waals surface area contributed by atoms with E-state index in [0.717, 1.165) is 12.8 Å². The predicted molar refractivity (Wildman–Crippen MR) is 63.9 cm³/mol. The Morgan fingerprint density at radius 2 is 1.75 bits per heavy atom. The van der Waals surface area contributed by atoms with E-state index in [0.29, 0.717) is 0 Å². The van der Waals surface area contributed by atoms with Crippen LogP contribution < -0.4 is 0 Å². The van der Waals surface area contributed by atoms with Crippen LogP contribution in [0.5, 0.6) is 0 Å². The maximum atomic E-state index is 3.14. The van der Waals surface area contributed by atoms with E-state index in [-0.39, 0.29) is 32.7 Å². The number of hydrogen-bond acceptors (Lipinski definition) is 0. The molecule has 0 saturated heterocycles. The van der Waals surface area contributed by atoms with Gasteiger partial charge in [-0.1, -0.05) is 43.7 Å². The van der Waals surface area contributed by atoms with Crippen molar-refractivity contribution in [2.24, 2.45) is 0 Å². The van der Waals surface area contributed by atoms with Crippen molar-refractivity contribution >= 4 is 0 Å². The summed E-state index contributed by atoms with van der Waals surface area (Å²) >= 11 is 0. The normalized spacial score (nSPS) is 9.56. The van der Waals surface area contributed by atoms with Crippen LogP contribution in [0.3, 0.4) is 0 Å². The molecular weight excluding hydrogens is 269 g/mol. The van der Waals surface area contributed by atoms with Gasteiger partial charge in [-0.15, -0.1) is 0 Å². The number of benzene rings is 2. The van der Waals surface area contributed by atoms with Gasteiger partial charge in [0.2, 0.25) is 0 Å². The fourth-order valence-electron chi connectivity index (χ4n) is 1.81. The Morgan fingerprint density at radius 3 is 2.44 bits per heavy atom. The maximum Gasteiger partial charge on any atom is 0 e. The van der Waals surface area contributed by atoms with E-state index in [1.54, 1.807) is 0 Å². The van der Waals surface area contributed by atoms with E-state index < -0.39 is 0 Å². The average Bonchev–Trinajstić information content (AvgIpc) is 2.31. The SMILES string of the molecule is CCc1c[c-]ccc1Cc1ccccc1.[Y]. The van der Waals surface area contributed by atoms with Gasteiger partial charge in [0.1, 0.15) is 0 Å².